The number of Topliss-reactive ketones (excluding diaryl/α,β-unsaturated/α-hetero) is 1. The second kappa shape index (κ2) is 5.77. The number of halogens is 1. The molecule has 0 aliphatic rings. The van der Waals surface area contributed by atoms with Crippen LogP contribution in [0.15, 0.2) is 28.2 Å². The van der Waals surface area contributed by atoms with Crippen LogP contribution in [-0.2, 0) is 6.54 Å². The van der Waals surface area contributed by atoms with Crippen molar-refractivity contribution in [3.05, 3.63) is 38.8 Å². The largest absolute Gasteiger partial charge is 0.317 e. The lowest BCUT2D eigenvalue weighted by Crippen LogP contribution is -2.24. The zero-order valence-corrected chi connectivity index (χ0v) is 12.4. The Morgan fingerprint density at radius 1 is 1.67 bits per heavy atom. The lowest BCUT2D eigenvalue weighted by Gasteiger charge is -2.11. The highest BCUT2D eigenvalue weighted by molar-refractivity contribution is 9.10. The predicted octanol–water partition coefficient (Wildman–Crippen LogP) is 3.00. The van der Waals surface area contributed by atoms with Crippen molar-refractivity contribution < 1.29 is 4.79 Å². The average Bonchev–Trinajstić information content (AvgIpc) is 2.98. The molecule has 0 aromatic carbocycles. The van der Waals surface area contributed by atoms with Gasteiger partial charge < -0.3 is 5.73 Å². The fourth-order valence-electron chi connectivity index (χ4n) is 1.73. The minimum absolute atomic E-state index is 0.102. The summed E-state index contributed by atoms with van der Waals surface area (Å²) in [5.41, 5.74) is 6.56. The van der Waals surface area contributed by atoms with Gasteiger partial charge in [0.2, 0.25) is 5.78 Å². The Bertz CT molecular complexity index is 536. The van der Waals surface area contributed by atoms with Gasteiger partial charge >= 0.3 is 0 Å². The predicted molar refractivity (Wildman–Crippen MR) is 75.8 cm³/mol. The van der Waals surface area contributed by atoms with Gasteiger partial charge in [0.15, 0.2) is 0 Å². The quantitative estimate of drug-likeness (QED) is 0.859. The van der Waals surface area contributed by atoms with Crippen LogP contribution >= 0.6 is 27.3 Å². The first-order valence-corrected chi connectivity index (χ1v) is 7.37. The summed E-state index contributed by atoms with van der Waals surface area (Å²) in [6, 6.07) is 3.15. The summed E-state index contributed by atoms with van der Waals surface area (Å²) < 4.78 is 2.41. The third kappa shape index (κ3) is 2.55. The van der Waals surface area contributed by atoms with Crippen LogP contribution in [0.2, 0.25) is 0 Å². The van der Waals surface area contributed by atoms with E-state index in [2.05, 4.69) is 21.0 Å². The third-order valence-electron chi connectivity index (χ3n) is 2.60. The molecule has 2 N–H and O–H groups in total. The van der Waals surface area contributed by atoms with E-state index in [1.807, 2.05) is 24.4 Å². The van der Waals surface area contributed by atoms with Gasteiger partial charge in [-0.3, -0.25) is 9.48 Å². The standard InChI is InChI=1S/C12H14BrN3OS/c1-2-5-16-11(8(13)7-15-16)12(17)10(14)9-4-3-6-18-9/h3-4,6-7,10H,2,5,14H2,1H3. The van der Waals surface area contributed by atoms with Crippen molar-refractivity contribution in [2.24, 2.45) is 5.73 Å². The normalized spacial score (nSPS) is 12.6. The summed E-state index contributed by atoms with van der Waals surface area (Å²) in [5, 5.41) is 6.10. The van der Waals surface area contributed by atoms with E-state index in [0.29, 0.717) is 16.7 Å². The van der Waals surface area contributed by atoms with E-state index in [9.17, 15) is 4.79 Å². The Labute approximate surface area is 118 Å². The van der Waals surface area contributed by atoms with Gasteiger partial charge in [0, 0.05) is 11.4 Å². The highest BCUT2D eigenvalue weighted by Gasteiger charge is 2.24. The van der Waals surface area contributed by atoms with Crippen LogP contribution in [0.3, 0.4) is 0 Å². The lowest BCUT2D eigenvalue weighted by molar-refractivity contribution is 0.0951. The summed E-state index contributed by atoms with van der Waals surface area (Å²) in [6.45, 7) is 2.76. The minimum atomic E-state index is -0.617. The number of ketones is 1. The highest BCUT2D eigenvalue weighted by Crippen LogP contribution is 2.25. The molecule has 2 aromatic rings. The van der Waals surface area contributed by atoms with Crippen LogP contribution in [0, 0.1) is 0 Å². The first-order valence-electron chi connectivity index (χ1n) is 5.69. The van der Waals surface area contributed by atoms with Crippen LogP contribution in [0.5, 0.6) is 0 Å². The van der Waals surface area contributed by atoms with Crippen molar-refractivity contribution in [2.45, 2.75) is 25.9 Å². The highest BCUT2D eigenvalue weighted by atomic mass is 79.9. The maximum absolute atomic E-state index is 12.4. The SMILES string of the molecule is CCCn1ncc(Br)c1C(=O)C(N)c1cccs1. The molecule has 0 spiro atoms. The molecular formula is C12H14BrN3OS. The van der Waals surface area contributed by atoms with Crippen molar-refractivity contribution in [2.75, 3.05) is 0 Å². The number of nitrogens with zero attached hydrogens (tertiary/aromatic N) is 2. The molecule has 2 rings (SSSR count). The van der Waals surface area contributed by atoms with Crippen molar-refractivity contribution >= 4 is 33.0 Å². The third-order valence-corrected chi connectivity index (χ3v) is 4.13. The molecule has 1 unspecified atom stereocenters. The van der Waals surface area contributed by atoms with Gasteiger partial charge in [-0.2, -0.15) is 5.10 Å². The van der Waals surface area contributed by atoms with Crippen LogP contribution in [0.25, 0.3) is 0 Å². The summed E-state index contributed by atoms with van der Waals surface area (Å²) >= 11 is 4.85. The molecule has 4 nitrogen and oxygen atoms in total. The molecule has 0 bridgehead atoms. The molecule has 0 fully saturated rings. The molecule has 0 aliphatic carbocycles. The molecule has 0 saturated carbocycles. The molecule has 2 heterocycles. The second-order valence-electron chi connectivity index (χ2n) is 3.92. The smallest absolute Gasteiger partial charge is 0.203 e. The Morgan fingerprint density at radius 2 is 2.44 bits per heavy atom. The van der Waals surface area contributed by atoms with E-state index >= 15 is 0 Å². The zero-order chi connectivity index (χ0) is 13.1. The van der Waals surface area contributed by atoms with Gasteiger partial charge in [-0.25, -0.2) is 0 Å². The van der Waals surface area contributed by atoms with E-state index < -0.39 is 6.04 Å². The monoisotopic (exact) mass is 327 g/mol. The van der Waals surface area contributed by atoms with E-state index in [1.165, 1.54) is 11.3 Å². The number of rotatable bonds is 5. The number of aryl methyl sites for hydroxylation is 1. The summed E-state index contributed by atoms with van der Waals surface area (Å²) in [7, 11) is 0. The summed E-state index contributed by atoms with van der Waals surface area (Å²) in [4.78, 5) is 13.3. The molecule has 6 heteroatoms. The number of aromatic nitrogens is 2. The van der Waals surface area contributed by atoms with E-state index in [1.54, 1.807) is 10.9 Å². The Balaban J connectivity index is 2.31. The van der Waals surface area contributed by atoms with Crippen molar-refractivity contribution in [3.8, 4) is 0 Å². The molecule has 0 amide bonds. The molecule has 18 heavy (non-hydrogen) atoms. The molecule has 0 aliphatic heterocycles. The molecule has 2 aromatic heterocycles. The zero-order valence-electron chi connectivity index (χ0n) is 9.97. The number of carbonyl (C=O) groups excluding carboxylic acids is 1. The van der Waals surface area contributed by atoms with E-state index in [4.69, 9.17) is 5.73 Å². The van der Waals surface area contributed by atoms with Gasteiger partial charge in [0.25, 0.3) is 0 Å². The van der Waals surface area contributed by atoms with Crippen molar-refractivity contribution in [3.63, 3.8) is 0 Å². The first kappa shape index (κ1) is 13.5. The number of carbonyl (C=O) groups is 1. The molecular weight excluding hydrogens is 314 g/mol. The van der Waals surface area contributed by atoms with Crippen LogP contribution < -0.4 is 5.73 Å². The number of hydrogen-bond acceptors (Lipinski definition) is 4. The van der Waals surface area contributed by atoms with Gasteiger partial charge in [0.05, 0.1) is 10.7 Å². The molecule has 0 radical (unpaired) electrons. The maximum Gasteiger partial charge on any atom is 0.203 e. The number of hydrogen-bond donors (Lipinski definition) is 1. The lowest BCUT2D eigenvalue weighted by atomic mass is 10.1. The topological polar surface area (TPSA) is 60.9 Å². The number of thiophene rings is 1. The summed E-state index contributed by atoms with van der Waals surface area (Å²) in [6.07, 6.45) is 2.56. The van der Waals surface area contributed by atoms with E-state index in [0.717, 1.165) is 11.3 Å². The van der Waals surface area contributed by atoms with E-state index in [-0.39, 0.29) is 5.78 Å². The summed E-state index contributed by atoms with van der Waals surface area (Å²) in [5.74, 6) is -0.102. The minimum Gasteiger partial charge on any atom is -0.317 e. The maximum atomic E-state index is 12.4. The van der Waals surface area contributed by atoms with Crippen molar-refractivity contribution in [1.29, 1.82) is 0 Å². The van der Waals surface area contributed by atoms with Crippen LogP contribution in [0.4, 0.5) is 0 Å². The van der Waals surface area contributed by atoms with Crippen LogP contribution in [0.1, 0.15) is 34.8 Å². The first-order chi connectivity index (χ1) is 8.65. The fourth-order valence-corrected chi connectivity index (χ4v) is 2.95. The fraction of sp³-hybridized carbons (Fsp3) is 0.333. The Hall–Kier alpha value is -0.980. The number of nitrogens with two attached hydrogens (primary N) is 1. The molecule has 1 atom stereocenters. The molecule has 96 valence electrons. The second-order valence-corrected chi connectivity index (χ2v) is 5.76. The average molecular weight is 328 g/mol. The molecule has 0 saturated heterocycles. The van der Waals surface area contributed by atoms with Gasteiger partial charge in [-0.1, -0.05) is 13.0 Å². The Kier molecular flexibility index (Phi) is 4.31. The van der Waals surface area contributed by atoms with Gasteiger partial charge in [0.1, 0.15) is 11.7 Å². The van der Waals surface area contributed by atoms with Crippen LogP contribution in [-0.4, -0.2) is 15.6 Å². The Morgan fingerprint density at radius 3 is 3.06 bits per heavy atom. The van der Waals surface area contributed by atoms with Gasteiger partial charge in [-0.15, -0.1) is 11.3 Å². The van der Waals surface area contributed by atoms with Gasteiger partial charge in [-0.05, 0) is 33.8 Å². The van der Waals surface area contributed by atoms with Crippen molar-refractivity contribution in [1.82, 2.24) is 9.78 Å².